The maximum Gasteiger partial charge on any atom is 0.409 e. The molecule has 1 heterocycles. The summed E-state index contributed by atoms with van der Waals surface area (Å²) in [5.41, 5.74) is 1.66. The molecule has 0 aliphatic rings. The Labute approximate surface area is 91.0 Å². The van der Waals surface area contributed by atoms with Crippen LogP contribution in [-0.2, 0) is 0 Å². The maximum atomic E-state index is 10.5. The van der Waals surface area contributed by atoms with Gasteiger partial charge in [-0.25, -0.2) is 4.79 Å². The van der Waals surface area contributed by atoms with E-state index in [2.05, 4.69) is 5.32 Å². The molecule has 2 aromatic rings. The Hall–Kier alpha value is -1.81. The summed E-state index contributed by atoms with van der Waals surface area (Å²) in [5, 5.41) is 12.9. The predicted molar refractivity (Wildman–Crippen MR) is 61.4 cm³/mol. The molecule has 1 aromatic heterocycles. The normalized spacial score (nSPS) is 9.87. The van der Waals surface area contributed by atoms with Gasteiger partial charge in [0.25, 0.3) is 0 Å². The van der Waals surface area contributed by atoms with Gasteiger partial charge in [0.1, 0.15) is 0 Å². The van der Waals surface area contributed by atoms with Crippen molar-refractivity contribution in [1.82, 2.24) is 0 Å². The van der Waals surface area contributed by atoms with Gasteiger partial charge in [0, 0.05) is 0 Å². The van der Waals surface area contributed by atoms with Crippen LogP contribution >= 0.6 is 11.3 Å². The second kappa shape index (κ2) is 4.14. The van der Waals surface area contributed by atoms with Crippen molar-refractivity contribution in [2.75, 3.05) is 5.32 Å². The van der Waals surface area contributed by atoms with Crippen LogP contribution in [0.4, 0.5) is 10.5 Å². The van der Waals surface area contributed by atoms with Crippen LogP contribution in [0.3, 0.4) is 0 Å². The summed E-state index contributed by atoms with van der Waals surface area (Å²) in [6, 6.07) is 11.5. The summed E-state index contributed by atoms with van der Waals surface area (Å²) in [5.74, 6) is 0. The molecular formula is C11H9NO2S. The van der Waals surface area contributed by atoms with Crippen LogP contribution < -0.4 is 5.32 Å². The molecular weight excluding hydrogens is 210 g/mol. The van der Waals surface area contributed by atoms with E-state index in [4.69, 9.17) is 5.11 Å². The van der Waals surface area contributed by atoms with Crippen molar-refractivity contribution < 1.29 is 9.90 Å². The van der Waals surface area contributed by atoms with Crippen molar-refractivity contribution in [2.45, 2.75) is 0 Å². The van der Waals surface area contributed by atoms with Gasteiger partial charge >= 0.3 is 6.09 Å². The number of rotatable bonds is 2. The van der Waals surface area contributed by atoms with Crippen LogP contribution in [0.1, 0.15) is 0 Å². The SMILES string of the molecule is O=C(O)Nc1ccsc1-c1ccccc1. The van der Waals surface area contributed by atoms with Crippen molar-refractivity contribution >= 4 is 23.1 Å². The van der Waals surface area contributed by atoms with Crippen molar-refractivity contribution in [2.24, 2.45) is 0 Å². The lowest BCUT2D eigenvalue weighted by Crippen LogP contribution is -2.06. The Kier molecular flexibility index (Phi) is 2.69. The van der Waals surface area contributed by atoms with E-state index < -0.39 is 6.09 Å². The Bertz CT molecular complexity index is 464. The Morgan fingerprint density at radius 3 is 2.60 bits per heavy atom. The largest absolute Gasteiger partial charge is 0.465 e. The van der Waals surface area contributed by atoms with E-state index in [-0.39, 0.29) is 0 Å². The fourth-order valence-electron chi connectivity index (χ4n) is 1.34. The number of hydrogen-bond acceptors (Lipinski definition) is 2. The van der Waals surface area contributed by atoms with Crippen molar-refractivity contribution in [3.05, 3.63) is 41.8 Å². The predicted octanol–water partition coefficient (Wildman–Crippen LogP) is 3.51. The Morgan fingerprint density at radius 2 is 1.93 bits per heavy atom. The number of nitrogens with one attached hydrogen (secondary N) is 1. The molecule has 0 fully saturated rings. The topological polar surface area (TPSA) is 49.3 Å². The minimum absolute atomic E-state index is 0.638. The molecule has 4 heteroatoms. The zero-order valence-corrected chi connectivity index (χ0v) is 8.62. The van der Waals surface area contributed by atoms with Crippen molar-refractivity contribution in [3.8, 4) is 10.4 Å². The second-order valence-electron chi connectivity index (χ2n) is 2.96. The fraction of sp³-hybridized carbons (Fsp3) is 0. The molecule has 0 saturated heterocycles. The van der Waals surface area contributed by atoms with E-state index in [1.54, 1.807) is 6.07 Å². The zero-order valence-electron chi connectivity index (χ0n) is 7.81. The molecule has 2 N–H and O–H groups in total. The molecule has 15 heavy (non-hydrogen) atoms. The lowest BCUT2D eigenvalue weighted by atomic mass is 10.2. The molecule has 0 bridgehead atoms. The smallest absolute Gasteiger partial charge is 0.409 e. The molecule has 3 nitrogen and oxygen atoms in total. The van der Waals surface area contributed by atoms with Gasteiger partial charge < -0.3 is 5.11 Å². The average Bonchev–Trinajstić information content (AvgIpc) is 2.66. The second-order valence-corrected chi connectivity index (χ2v) is 3.88. The number of amides is 1. The first-order chi connectivity index (χ1) is 7.27. The molecule has 2 rings (SSSR count). The van der Waals surface area contributed by atoms with E-state index in [9.17, 15) is 4.79 Å². The molecule has 0 spiro atoms. The van der Waals surface area contributed by atoms with Gasteiger partial charge in [-0.15, -0.1) is 11.3 Å². The van der Waals surface area contributed by atoms with Crippen LogP contribution in [-0.4, -0.2) is 11.2 Å². The average molecular weight is 219 g/mol. The van der Waals surface area contributed by atoms with Gasteiger partial charge in [-0.3, -0.25) is 5.32 Å². The van der Waals surface area contributed by atoms with Crippen LogP contribution in [0.15, 0.2) is 41.8 Å². The van der Waals surface area contributed by atoms with Gasteiger partial charge in [0.05, 0.1) is 10.6 Å². The number of carbonyl (C=O) groups is 1. The van der Waals surface area contributed by atoms with Crippen LogP contribution in [0.5, 0.6) is 0 Å². The summed E-state index contributed by atoms with van der Waals surface area (Å²) < 4.78 is 0. The van der Waals surface area contributed by atoms with Gasteiger partial charge in [-0.1, -0.05) is 30.3 Å². The van der Waals surface area contributed by atoms with Gasteiger partial charge in [-0.05, 0) is 17.0 Å². The molecule has 1 aromatic carbocycles. The lowest BCUT2D eigenvalue weighted by molar-refractivity contribution is 0.210. The number of carboxylic acid groups (broad SMARTS) is 1. The third-order valence-electron chi connectivity index (χ3n) is 1.94. The number of hydrogen-bond donors (Lipinski definition) is 2. The molecule has 76 valence electrons. The highest BCUT2D eigenvalue weighted by molar-refractivity contribution is 7.14. The number of thiophene rings is 1. The van der Waals surface area contributed by atoms with E-state index in [0.717, 1.165) is 10.4 Å². The minimum Gasteiger partial charge on any atom is -0.465 e. The monoisotopic (exact) mass is 219 g/mol. The molecule has 0 unspecified atom stereocenters. The Morgan fingerprint density at radius 1 is 1.20 bits per heavy atom. The summed E-state index contributed by atoms with van der Waals surface area (Å²) in [7, 11) is 0. The zero-order chi connectivity index (χ0) is 10.7. The quantitative estimate of drug-likeness (QED) is 0.812. The molecule has 0 aliphatic heterocycles. The highest BCUT2D eigenvalue weighted by atomic mass is 32.1. The lowest BCUT2D eigenvalue weighted by Gasteiger charge is -2.02. The molecule has 0 saturated carbocycles. The van der Waals surface area contributed by atoms with Gasteiger partial charge in [-0.2, -0.15) is 0 Å². The van der Waals surface area contributed by atoms with E-state index >= 15 is 0 Å². The molecule has 1 amide bonds. The van der Waals surface area contributed by atoms with Gasteiger partial charge in [0.15, 0.2) is 0 Å². The summed E-state index contributed by atoms with van der Waals surface area (Å²) in [6.45, 7) is 0. The van der Waals surface area contributed by atoms with Crippen LogP contribution in [0.2, 0.25) is 0 Å². The van der Waals surface area contributed by atoms with Gasteiger partial charge in [0.2, 0.25) is 0 Å². The van der Waals surface area contributed by atoms with Crippen molar-refractivity contribution in [3.63, 3.8) is 0 Å². The first-order valence-corrected chi connectivity index (χ1v) is 5.28. The van der Waals surface area contributed by atoms with Crippen molar-refractivity contribution in [1.29, 1.82) is 0 Å². The van der Waals surface area contributed by atoms with E-state index in [1.165, 1.54) is 11.3 Å². The highest BCUT2D eigenvalue weighted by Crippen LogP contribution is 2.33. The Balaban J connectivity index is 2.37. The van der Waals surface area contributed by atoms with Crippen LogP contribution in [0, 0.1) is 0 Å². The third kappa shape index (κ3) is 2.16. The summed E-state index contributed by atoms with van der Waals surface area (Å²) in [4.78, 5) is 11.5. The molecule has 0 aliphatic carbocycles. The minimum atomic E-state index is -1.04. The highest BCUT2D eigenvalue weighted by Gasteiger charge is 2.08. The molecule has 0 radical (unpaired) electrons. The first kappa shape index (κ1) is 9.73. The number of anilines is 1. The van der Waals surface area contributed by atoms with E-state index in [1.807, 2.05) is 35.7 Å². The fourth-order valence-corrected chi connectivity index (χ4v) is 2.19. The van der Waals surface area contributed by atoms with Crippen LogP contribution in [0.25, 0.3) is 10.4 Å². The third-order valence-corrected chi connectivity index (χ3v) is 2.91. The maximum absolute atomic E-state index is 10.5. The first-order valence-electron chi connectivity index (χ1n) is 4.40. The molecule has 0 atom stereocenters. The summed E-state index contributed by atoms with van der Waals surface area (Å²) in [6.07, 6.45) is -1.04. The van der Waals surface area contributed by atoms with E-state index in [0.29, 0.717) is 5.69 Å². The number of benzene rings is 1. The summed E-state index contributed by atoms with van der Waals surface area (Å²) >= 11 is 1.52. The standard InChI is InChI=1S/C11H9NO2S/c13-11(14)12-9-6-7-15-10(9)8-4-2-1-3-5-8/h1-7,12H,(H,13,14).